The molecular weight excluding hydrogens is 261 g/mol. The van der Waals surface area contributed by atoms with Gasteiger partial charge in [0.05, 0.1) is 0 Å². The Morgan fingerprint density at radius 2 is 1.90 bits per heavy atom. The standard InChI is InChI=1S/C14H14FN3O2/c1-8(2)13-17-11(14(19)20)7-12(18-13)16-10-5-3-9(15)4-6-10/h3-8H,1-2H3,(H,19,20)(H,16,17,18). The smallest absolute Gasteiger partial charge is 0.354 e. The average Bonchev–Trinajstić information content (AvgIpc) is 2.41. The first kappa shape index (κ1) is 13.9. The molecule has 0 unspecified atom stereocenters. The minimum absolute atomic E-state index is 0.00284. The molecule has 0 saturated carbocycles. The van der Waals surface area contributed by atoms with Gasteiger partial charge in [0.15, 0.2) is 5.69 Å². The third-order valence-corrected chi connectivity index (χ3v) is 2.60. The molecule has 0 saturated heterocycles. The predicted octanol–water partition coefficient (Wildman–Crippen LogP) is 3.18. The maximum Gasteiger partial charge on any atom is 0.354 e. The minimum atomic E-state index is -1.11. The largest absolute Gasteiger partial charge is 0.477 e. The second-order valence-corrected chi connectivity index (χ2v) is 4.59. The second kappa shape index (κ2) is 5.64. The molecule has 0 aliphatic rings. The number of hydrogen-bond donors (Lipinski definition) is 2. The van der Waals surface area contributed by atoms with Crippen LogP contribution in [0, 0.1) is 5.82 Å². The summed E-state index contributed by atoms with van der Waals surface area (Å²) in [6, 6.07) is 7.06. The topological polar surface area (TPSA) is 75.1 Å². The molecule has 0 aliphatic carbocycles. The number of hydrogen-bond acceptors (Lipinski definition) is 4. The molecule has 5 nitrogen and oxygen atoms in total. The van der Waals surface area contributed by atoms with Gasteiger partial charge in [-0.2, -0.15) is 0 Å². The summed E-state index contributed by atoms with van der Waals surface area (Å²) in [6.07, 6.45) is 0. The molecule has 0 spiro atoms. The van der Waals surface area contributed by atoms with Gasteiger partial charge in [0.25, 0.3) is 0 Å². The van der Waals surface area contributed by atoms with Crippen LogP contribution in [-0.2, 0) is 0 Å². The van der Waals surface area contributed by atoms with Crippen molar-refractivity contribution in [2.45, 2.75) is 19.8 Å². The van der Waals surface area contributed by atoms with E-state index in [1.165, 1.54) is 18.2 Å². The van der Waals surface area contributed by atoms with Gasteiger partial charge in [-0.3, -0.25) is 0 Å². The Labute approximate surface area is 115 Å². The highest BCUT2D eigenvalue weighted by atomic mass is 19.1. The number of carboxylic acids is 1. The number of anilines is 2. The molecular formula is C14H14FN3O2. The number of aromatic carboxylic acids is 1. The quantitative estimate of drug-likeness (QED) is 0.896. The zero-order valence-corrected chi connectivity index (χ0v) is 11.1. The zero-order chi connectivity index (χ0) is 14.7. The highest BCUT2D eigenvalue weighted by molar-refractivity contribution is 5.86. The van der Waals surface area contributed by atoms with Crippen LogP contribution in [0.15, 0.2) is 30.3 Å². The molecule has 2 rings (SSSR count). The van der Waals surface area contributed by atoms with E-state index in [0.29, 0.717) is 17.3 Å². The van der Waals surface area contributed by atoms with Gasteiger partial charge in [-0.1, -0.05) is 13.8 Å². The molecule has 0 amide bonds. The summed E-state index contributed by atoms with van der Waals surface area (Å²) in [5.74, 6) is -0.644. The molecule has 2 aromatic rings. The van der Waals surface area contributed by atoms with Gasteiger partial charge in [-0.15, -0.1) is 0 Å². The van der Waals surface area contributed by atoms with Crippen LogP contribution in [0.1, 0.15) is 36.1 Å². The van der Waals surface area contributed by atoms with Crippen molar-refractivity contribution in [1.29, 1.82) is 0 Å². The van der Waals surface area contributed by atoms with Crippen LogP contribution in [-0.4, -0.2) is 21.0 Å². The van der Waals surface area contributed by atoms with Gasteiger partial charge < -0.3 is 10.4 Å². The first-order chi connectivity index (χ1) is 9.45. The second-order valence-electron chi connectivity index (χ2n) is 4.59. The van der Waals surface area contributed by atoms with E-state index < -0.39 is 5.97 Å². The van der Waals surface area contributed by atoms with E-state index in [9.17, 15) is 9.18 Å². The van der Waals surface area contributed by atoms with E-state index in [4.69, 9.17) is 5.11 Å². The van der Waals surface area contributed by atoms with Crippen molar-refractivity contribution in [2.75, 3.05) is 5.32 Å². The number of rotatable bonds is 4. The molecule has 6 heteroatoms. The Morgan fingerprint density at radius 1 is 1.25 bits per heavy atom. The van der Waals surface area contributed by atoms with Crippen molar-refractivity contribution in [3.8, 4) is 0 Å². The van der Waals surface area contributed by atoms with Crippen LogP contribution in [0.2, 0.25) is 0 Å². The fourth-order valence-electron chi connectivity index (χ4n) is 1.58. The number of nitrogens with one attached hydrogen (secondary N) is 1. The average molecular weight is 275 g/mol. The van der Waals surface area contributed by atoms with E-state index in [0.717, 1.165) is 0 Å². The minimum Gasteiger partial charge on any atom is -0.477 e. The fraction of sp³-hybridized carbons (Fsp3) is 0.214. The van der Waals surface area contributed by atoms with Gasteiger partial charge in [-0.05, 0) is 24.3 Å². The lowest BCUT2D eigenvalue weighted by Crippen LogP contribution is -2.09. The fourth-order valence-corrected chi connectivity index (χ4v) is 1.58. The lowest BCUT2D eigenvalue weighted by atomic mass is 10.2. The van der Waals surface area contributed by atoms with E-state index >= 15 is 0 Å². The number of aromatic nitrogens is 2. The molecule has 1 aromatic carbocycles. The van der Waals surface area contributed by atoms with Gasteiger partial charge in [-0.25, -0.2) is 19.2 Å². The Hall–Kier alpha value is -2.50. The summed E-state index contributed by atoms with van der Waals surface area (Å²) < 4.78 is 12.8. The van der Waals surface area contributed by atoms with Crippen LogP contribution in [0.4, 0.5) is 15.9 Å². The first-order valence-corrected chi connectivity index (χ1v) is 6.10. The van der Waals surface area contributed by atoms with Crippen LogP contribution in [0.25, 0.3) is 0 Å². The molecule has 0 bridgehead atoms. The Balaban J connectivity index is 2.35. The normalized spacial score (nSPS) is 10.6. The van der Waals surface area contributed by atoms with Crippen molar-refractivity contribution in [1.82, 2.24) is 9.97 Å². The molecule has 0 radical (unpaired) electrons. The summed E-state index contributed by atoms with van der Waals surface area (Å²) in [7, 11) is 0. The molecule has 2 N–H and O–H groups in total. The van der Waals surface area contributed by atoms with Gasteiger partial charge in [0.1, 0.15) is 17.5 Å². The van der Waals surface area contributed by atoms with Crippen molar-refractivity contribution in [3.05, 3.63) is 47.7 Å². The summed E-state index contributed by atoms with van der Waals surface area (Å²) in [5, 5.41) is 12.0. The van der Waals surface area contributed by atoms with Crippen LogP contribution in [0.3, 0.4) is 0 Å². The highest BCUT2D eigenvalue weighted by Gasteiger charge is 2.12. The van der Waals surface area contributed by atoms with Crippen molar-refractivity contribution in [2.24, 2.45) is 0 Å². The molecule has 20 heavy (non-hydrogen) atoms. The van der Waals surface area contributed by atoms with Crippen molar-refractivity contribution in [3.63, 3.8) is 0 Å². The first-order valence-electron chi connectivity index (χ1n) is 6.10. The predicted molar refractivity (Wildman–Crippen MR) is 72.8 cm³/mol. The maximum atomic E-state index is 12.8. The van der Waals surface area contributed by atoms with Crippen molar-refractivity contribution >= 4 is 17.5 Å². The highest BCUT2D eigenvalue weighted by Crippen LogP contribution is 2.18. The number of nitrogens with zero attached hydrogens (tertiary/aromatic N) is 2. The molecule has 0 aliphatic heterocycles. The Bertz CT molecular complexity index is 627. The summed E-state index contributed by atoms with van der Waals surface area (Å²) >= 11 is 0. The summed E-state index contributed by atoms with van der Waals surface area (Å²) in [4.78, 5) is 19.3. The summed E-state index contributed by atoms with van der Waals surface area (Å²) in [6.45, 7) is 3.76. The number of carboxylic acid groups (broad SMARTS) is 1. The molecule has 0 fully saturated rings. The molecule has 1 aromatic heterocycles. The van der Waals surface area contributed by atoms with Crippen LogP contribution >= 0.6 is 0 Å². The summed E-state index contributed by atoms with van der Waals surface area (Å²) in [5.41, 5.74) is 0.546. The van der Waals surface area contributed by atoms with E-state index in [1.54, 1.807) is 12.1 Å². The SMILES string of the molecule is CC(C)c1nc(Nc2ccc(F)cc2)cc(C(=O)O)n1. The maximum absolute atomic E-state index is 12.8. The van der Waals surface area contributed by atoms with Crippen molar-refractivity contribution < 1.29 is 14.3 Å². The van der Waals surface area contributed by atoms with Gasteiger partial charge in [0.2, 0.25) is 0 Å². The lowest BCUT2D eigenvalue weighted by molar-refractivity contribution is 0.0690. The molecule has 0 atom stereocenters. The lowest BCUT2D eigenvalue weighted by Gasteiger charge is -2.10. The number of carbonyl (C=O) groups is 1. The van der Waals surface area contributed by atoms with Gasteiger partial charge in [0, 0.05) is 17.7 Å². The van der Waals surface area contributed by atoms with E-state index in [1.807, 2.05) is 13.8 Å². The Morgan fingerprint density at radius 3 is 2.45 bits per heavy atom. The monoisotopic (exact) mass is 275 g/mol. The number of benzene rings is 1. The Kier molecular flexibility index (Phi) is 3.93. The third-order valence-electron chi connectivity index (χ3n) is 2.60. The third kappa shape index (κ3) is 3.28. The van der Waals surface area contributed by atoms with E-state index in [2.05, 4.69) is 15.3 Å². The molecule has 1 heterocycles. The van der Waals surface area contributed by atoms with Crippen LogP contribution < -0.4 is 5.32 Å². The van der Waals surface area contributed by atoms with Crippen LogP contribution in [0.5, 0.6) is 0 Å². The number of halogens is 1. The van der Waals surface area contributed by atoms with Gasteiger partial charge >= 0.3 is 5.97 Å². The van der Waals surface area contributed by atoms with E-state index in [-0.39, 0.29) is 17.4 Å². The molecule has 104 valence electrons. The zero-order valence-electron chi connectivity index (χ0n) is 11.1.